The molecule has 1 aliphatic rings. The van der Waals surface area contributed by atoms with Crippen molar-refractivity contribution in [3.63, 3.8) is 0 Å². The van der Waals surface area contributed by atoms with Crippen LogP contribution in [0.5, 0.6) is 0 Å². The average molecular weight is 668 g/mol. The van der Waals surface area contributed by atoms with Crippen LogP contribution in [0.1, 0.15) is 25.0 Å². The van der Waals surface area contributed by atoms with Crippen molar-refractivity contribution in [3.8, 4) is 67.5 Å². The molecule has 1 aliphatic carbocycles. The van der Waals surface area contributed by atoms with E-state index in [1.165, 1.54) is 27.8 Å². The number of benzene rings is 7. The van der Waals surface area contributed by atoms with Crippen LogP contribution in [-0.4, -0.2) is 15.0 Å². The van der Waals surface area contributed by atoms with E-state index in [9.17, 15) is 0 Å². The Hall–Kier alpha value is -6.65. The maximum absolute atomic E-state index is 6.47. The predicted molar refractivity (Wildman–Crippen MR) is 212 cm³/mol. The van der Waals surface area contributed by atoms with Crippen molar-refractivity contribution in [1.29, 1.82) is 0 Å². The van der Waals surface area contributed by atoms with Crippen molar-refractivity contribution in [2.24, 2.45) is 0 Å². The van der Waals surface area contributed by atoms with Crippen molar-refractivity contribution in [2.45, 2.75) is 19.3 Å². The summed E-state index contributed by atoms with van der Waals surface area (Å²) in [4.78, 5) is 15.2. The quantitative estimate of drug-likeness (QED) is 0.183. The minimum Gasteiger partial charge on any atom is -0.456 e. The molecule has 0 amide bonds. The maximum atomic E-state index is 6.47. The lowest BCUT2D eigenvalue weighted by Crippen LogP contribution is -2.14. The van der Waals surface area contributed by atoms with Gasteiger partial charge in [-0.25, -0.2) is 15.0 Å². The molecular weight excluding hydrogens is 635 g/mol. The van der Waals surface area contributed by atoms with E-state index in [-0.39, 0.29) is 5.41 Å². The summed E-state index contributed by atoms with van der Waals surface area (Å²) in [6.45, 7) is 4.64. The van der Waals surface area contributed by atoms with Crippen LogP contribution in [0.3, 0.4) is 0 Å². The van der Waals surface area contributed by atoms with Gasteiger partial charge in [-0.2, -0.15) is 0 Å². The second kappa shape index (κ2) is 11.7. The number of hydrogen-bond donors (Lipinski definition) is 0. The van der Waals surface area contributed by atoms with Crippen LogP contribution in [0.2, 0.25) is 0 Å². The summed E-state index contributed by atoms with van der Waals surface area (Å²) in [5, 5.41) is 2.16. The van der Waals surface area contributed by atoms with Crippen LogP contribution >= 0.6 is 0 Å². The standard InChI is InChI=1S/C48H33N3O/c1-48(2)40-21-10-9-19-37(40)38-25-23-33(28-41(38)48)32-17-11-18-34(27-32)46-49-45(31-15-7-4-8-16-31)50-47(51-46)35-24-26-39-43(29-35)52-42-22-12-20-36(44(39)42)30-13-5-3-6-14-30/h3-29H,1-2H3. The summed E-state index contributed by atoms with van der Waals surface area (Å²) in [6.07, 6.45) is 0. The van der Waals surface area contributed by atoms with Gasteiger partial charge >= 0.3 is 0 Å². The van der Waals surface area contributed by atoms with Crippen LogP contribution in [0.15, 0.2) is 168 Å². The van der Waals surface area contributed by atoms with Gasteiger partial charge in [-0.1, -0.05) is 147 Å². The van der Waals surface area contributed by atoms with Crippen molar-refractivity contribution in [3.05, 3.63) is 175 Å². The van der Waals surface area contributed by atoms with Crippen molar-refractivity contribution >= 4 is 21.9 Å². The van der Waals surface area contributed by atoms with Gasteiger partial charge in [-0.3, -0.25) is 0 Å². The molecule has 0 fully saturated rings. The Kier molecular flexibility index (Phi) is 6.80. The molecule has 0 atom stereocenters. The fourth-order valence-corrected chi connectivity index (χ4v) is 7.90. The molecule has 7 aromatic carbocycles. The number of rotatable bonds is 5. The minimum atomic E-state index is -0.0721. The molecule has 10 rings (SSSR count). The molecule has 4 heteroatoms. The fourth-order valence-electron chi connectivity index (χ4n) is 7.90. The van der Waals surface area contributed by atoms with Crippen LogP contribution in [0, 0.1) is 0 Å². The van der Waals surface area contributed by atoms with Crippen LogP contribution in [-0.2, 0) is 5.41 Å². The normalized spacial score (nSPS) is 13.0. The third-order valence-corrected chi connectivity index (χ3v) is 10.5. The highest BCUT2D eigenvalue weighted by Gasteiger charge is 2.35. The third-order valence-electron chi connectivity index (χ3n) is 10.5. The van der Waals surface area contributed by atoms with Gasteiger partial charge < -0.3 is 4.42 Å². The van der Waals surface area contributed by atoms with Crippen LogP contribution in [0.25, 0.3) is 89.5 Å². The second-order valence-corrected chi connectivity index (χ2v) is 14.0. The van der Waals surface area contributed by atoms with E-state index in [1.54, 1.807) is 0 Å². The SMILES string of the molecule is CC1(C)c2ccccc2-c2ccc(-c3cccc(-c4nc(-c5ccccc5)nc(-c5ccc6c(c5)oc5cccc(-c7ccccc7)c56)n4)c3)cc21. The molecule has 0 N–H and O–H groups in total. The molecule has 0 spiro atoms. The molecular formula is C48H33N3O. The van der Waals surface area contributed by atoms with E-state index < -0.39 is 0 Å². The molecule has 246 valence electrons. The van der Waals surface area contributed by atoms with E-state index >= 15 is 0 Å². The van der Waals surface area contributed by atoms with Gasteiger partial charge in [0.2, 0.25) is 0 Å². The van der Waals surface area contributed by atoms with Gasteiger partial charge in [0.05, 0.1) is 0 Å². The summed E-state index contributed by atoms with van der Waals surface area (Å²) < 4.78 is 6.47. The smallest absolute Gasteiger partial charge is 0.164 e. The van der Waals surface area contributed by atoms with Crippen molar-refractivity contribution < 1.29 is 4.42 Å². The zero-order chi connectivity index (χ0) is 34.8. The Morgan fingerprint density at radius 3 is 1.73 bits per heavy atom. The molecule has 52 heavy (non-hydrogen) atoms. The van der Waals surface area contributed by atoms with Gasteiger partial charge in [-0.05, 0) is 74.8 Å². The Morgan fingerprint density at radius 2 is 0.942 bits per heavy atom. The first kappa shape index (κ1) is 30.2. The number of furan rings is 1. The van der Waals surface area contributed by atoms with E-state index in [0.717, 1.165) is 55.3 Å². The highest BCUT2D eigenvalue weighted by molar-refractivity contribution is 6.13. The Labute approximate surface area is 302 Å². The summed E-state index contributed by atoms with van der Waals surface area (Å²) in [6, 6.07) is 57.2. The summed E-state index contributed by atoms with van der Waals surface area (Å²) in [5.74, 6) is 1.84. The van der Waals surface area contributed by atoms with E-state index in [0.29, 0.717) is 17.5 Å². The topological polar surface area (TPSA) is 51.8 Å². The number of fused-ring (bicyclic) bond motifs is 6. The molecule has 0 aliphatic heterocycles. The summed E-state index contributed by atoms with van der Waals surface area (Å²) in [7, 11) is 0. The van der Waals surface area contributed by atoms with Gasteiger partial charge in [0, 0.05) is 32.9 Å². The third kappa shape index (κ3) is 4.87. The second-order valence-electron chi connectivity index (χ2n) is 14.0. The number of nitrogens with zero attached hydrogens (tertiary/aromatic N) is 3. The average Bonchev–Trinajstić information content (AvgIpc) is 3.70. The lowest BCUT2D eigenvalue weighted by molar-refractivity contribution is 0.660. The summed E-state index contributed by atoms with van der Waals surface area (Å²) >= 11 is 0. The zero-order valence-corrected chi connectivity index (χ0v) is 28.8. The molecule has 0 saturated heterocycles. The zero-order valence-electron chi connectivity index (χ0n) is 28.8. The molecule has 2 heterocycles. The van der Waals surface area contributed by atoms with Crippen LogP contribution in [0.4, 0.5) is 0 Å². The highest BCUT2D eigenvalue weighted by Crippen LogP contribution is 2.49. The van der Waals surface area contributed by atoms with Gasteiger partial charge in [-0.15, -0.1) is 0 Å². The first-order chi connectivity index (χ1) is 25.5. The molecule has 0 bridgehead atoms. The van der Waals surface area contributed by atoms with Crippen molar-refractivity contribution in [1.82, 2.24) is 15.0 Å². The monoisotopic (exact) mass is 667 g/mol. The first-order valence-corrected chi connectivity index (χ1v) is 17.7. The van der Waals surface area contributed by atoms with Gasteiger partial charge in [0.15, 0.2) is 17.5 Å². The first-order valence-electron chi connectivity index (χ1n) is 17.7. The minimum absolute atomic E-state index is 0.0721. The highest BCUT2D eigenvalue weighted by atomic mass is 16.3. The van der Waals surface area contributed by atoms with Crippen LogP contribution < -0.4 is 0 Å². The summed E-state index contributed by atoms with van der Waals surface area (Å²) in [5.41, 5.74) is 14.3. The molecule has 0 unspecified atom stereocenters. The fraction of sp³-hybridized carbons (Fsp3) is 0.0625. The Balaban J connectivity index is 1.09. The van der Waals surface area contributed by atoms with E-state index in [4.69, 9.17) is 19.4 Å². The number of hydrogen-bond acceptors (Lipinski definition) is 4. The predicted octanol–water partition coefficient (Wildman–Crippen LogP) is 12.4. The Morgan fingerprint density at radius 1 is 0.385 bits per heavy atom. The molecule has 0 radical (unpaired) electrons. The van der Waals surface area contributed by atoms with Gasteiger partial charge in [0.25, 0.3) is 0 Å². The largest absolute Gasteiger partial charge is 0.456 e. The lowest BCUT2D eigenvalue weighted by Gasteiger charge is -2.22. The van der Waals surface area contributed by atoms with E-state index in [2.05, 4.69) is 135 Å². The molecule has 4 nitrogen and oxygen atoms in total. The molecule has 0 saturated carbocycles. The van der Waals surface area contributed by atoms with Crippen molar-refractivity contribution in [2.75, 3.05) is 0 Å². The lowest BCUT2D eigenvalue weighted by atomic mass is 9.81. The Bertz CT molecular complexity index is 2820. The van der Waals surface area contributed by atoms with E-state index in [1.807, 2.05) is 42.5 Å². The van der Waals surface area contributed by atoms with Gasteiger partial charge in [0.1, 0.15) is 11.2 Å². The maximum Gasteiger partial charge on any atom is 0.164 e. The molecule has 9 aromatic rings. The number of aromatic nitrogens is 3. The molecule has 2 aromatic heterocycles.